The van der Waals surface area contributed by atoms with Crippen LogP contribution in [0.1, 0.15) is 19.8 Å². The van der Waals surface area contributed by atoms with Gasteiger partial charge in [0.1, 0.15) is 0 Å². The van der Waals surface area contributed by atoms with Gasteiger partial charge in [-0.3, -0.25) is 0 Å². The Morgan fingerprint density at radius 1 is 1.54 bits per heavy atom. The van der Waals surface area contributed by atoms with Gasteiger partial charge in [-0.05, 0) is 19.8 Å². The Morgan fingerprint density at radius 2 is 2.31 bits per heavy atom. The number of rotatable bonds is 1. The van der Waals surface area contributed by atoms with Crippen LogP contribution in [0, 0.1) is 0 Å². The topological polar surface area (TPSA) is 44.4 Å². The number of hydrogen-bond acceptors (Lipinski definition) is 2. The summed E-state index contributed by atoms with van der Waals surface area (Å²) in [6.07, 6.45) is 2.32. The third-order valence-corrected chi connectivity index (χ3v) is 2.56. The Bertz CT molecular complexity index is 203. The summed E-state index contributed by atoms with van der Waals surface area (Å²) in [6.45, 7) is 4.69. The maximum Gasteiger partial charge on any atom is 0.317 e. The predicted molar refractivity (Wildman–Crippen MR) is 50.6 cm³/mol. The summed E-state index contributed by atoms with van der Waals surface area (Å²) >= 11 is 0. The molecule has 0 aromatic carbocycles. The van der Waals surface area contributed by atoms with Gasteiger partial charge in [-0.25, -0.2) is 4.79 Å². The molecular formula is C9H17N3O. The summed E-state index contributed by atoms with van der Waals surface area (Å²) < 4.78 is 0. The Hall–Kier alpha value is -0.770. The lowest BCUT2D eigenvalue weighted by Gasteiger charge is -2.31. The van der Waals surface area contributed by atoms with Crippen LogP contribution in [0.2, 0.25) is 0 Å². The maximum atomic E-state index is 11.6. The van der Waals surface area contributed by atoms with E-state index in [9.17, 15) is 4.79 Å². The monoisotopic (exact) mass is 183 g/mol. The SMILES string of the molecule is CC1CN(C(=O)NC2CC2)CCN1. The van der Waals surface area contributed by atoms with Crippen LogP contribution >= 0.6 is 0 Å². The highest BCUT2D eigenvalue weighted by Gasteiger charge is 2.27. The fourth-order valence-corrected chi connectivity index (χ4v) is 1.61. The lowest BCUT2D eigenvalue weighted by molar-refractivity contribution is 0.179. The first-order chi connectivity index (χ1) is 6.25. The zero-order valence-electron chi connectivity index (χ0n) is 8.05. The summed E-state index contributed by atoms with van der Waals surface area (Å²) in [5.41, 5.74) is 0. The normalized spacial score (nSPS) is 28.7. The minimum Gasteiger partial charge on any atom is -0.335 e. The molecule has 1 saturated heterocycles. The van der Waals surface area contributed by atoms with E-state index in [2.05, 4.69) is 17.6 Å². The van der Waals surface area contributed by atoms with E-state index < -0.39 is 0 Å². The van der Waals surface area contributed by atoms with Crippen molar-refractivity contribution in [3.8, 4) is 0 Å². The molecule has 0 radical (unpaired) electrons. The van der Waals surface area contributed by atoms with Gasteiger partial charge in [-0.1, -0.05) is 0 Å². The van der Waals surface area contributed by atoms with Gasteiger partial charge in [0, 0.05) is 31.7 Å². The van der Waals surface area contributed by atoms with E-state index in [-0.39, 0.29) is 6.03 Å². The van der Waals surface area contributed by atoms with Gasteiger partial charge < -0.3 is 15.5 Å². The first-order valence-electron chi connectivity index (χ1n) is 5.04. The Labute approximate surface area is 78.7 Å². The summed E-state index contributed by atoms with van der Waals surface area (Å²) in [7, 11) is 0. The zero-order valence-corrected chi connectivity index (χ0v) is 8.05. The molecular weight excluding hydrogens is 166 g/mol. The second-order valence-corrected chi connectivity index (χ2v) is 4.02. The minimum atomic E-state index is 0.121. The van der Waals surface area contributed by atoms with E-state index in [1.165, 1.54) is 0 Å². The molecule has 1 atom stereocenters. The van der Waals surface area contributed by atoms with Crippen LogP contribution < -0.4 is 10.6 Å². The van der Waals surface area contributed by atoms with Crippen LogP contribution in [0.4, 0.5) is 4.79 Å². The van der Waals surface area contributed by atoms with Crippen molar-refractivity contribution < 1.29 is 4.79 Å². The van der Waals surface area contributed by atoms with Crippen molar-refractivity contribution in [2.75, 3.05) is 19.6 Å². The Kier molecular flexibility index (Phi) is 2.40. The highest BCUT2D eigenvalue weighted by Crippen LogP contribution is 2.19. The van der Waals surface area contributed by atoms with E-state index in [4.69, 9.17) is 0 Å². The number of hydrogen-bond donors (Lipinski definition) is 2. The molecule has 1 aliphatic heterocycles. The number of nitrogens with one attached hydrogen (secondary N) is 2. The molecule has 74 valence electrons. The van der Waals surface area contributed by atoms with Crippen molar-refractivity contribution in [3.63, 3.8) is 0 Å². The van der Waals surface area contributed by atoms with E-state index in [1.54, 1.807) is 0 Å². The minimum absolute atomic E-state index is 0.121. The molecule has 1 unspecified atom stereocenters. The number of carbonyl (C=O) groups excluding carboxylic acids is 1. The zero-order chi connectivity index (χ0) is 9.26. The van der Waals surface area contributed by atoms with Crippen LogP contribution in [0.15, 0.2) is 0 Å². The van der Waals surface area contributed by atoms with Crippen LogP contribution in [-0.2, 0) is 0 Å². The van der Waals surface area contributed by atoms with Crippen molar-refractivity contribution in [2.45, 2.75) is 31.8 Å². The molecule has 0 spiro atoms. The molecule has 4 nitrogen and oxygen atoms in total. The van der Waals surface area contributed by atoms with Gasteiger partial charge in [0.15, 0.2) is 0 Å². The molecule has 2 N–H and O–H groups in total. The summed E-state index contributed by atoms with van der Waals surface area (Å²) in [4.78, 5) is 13.5. The van der Waals surface area contributed by atoms with E-state index in [0.29, 0.717) is 12.1 Å². The fraction of sp³-hybridized carbons (Fsp3) is 0.889. The van der Waals surface area contributed by atoms with E-state index in [1.807, 2.05) is 4.90 Å². The molecule has 2 rings (SSSR count). The average Bonchev–Trinajstić information content (AvgIpc) is 2.88. The molecule has 2 aliphatic rings. The molecule has 1 saturated carbocycles. The average molecular weight is 183 g/mol. The third-order valence-electron chi connectivity index (χ3n) is 2.56. The molecule has 2 fully saturated rings. The molecule has 0 aromatic heterocycles. The van der Waals surface area contributed by atoms with Gasteiger partial charge in [-0.15, -0.1) is 0 Å². The third kappa shape index (κ3) is 2.34. The van der Waals surface area contributed by atoms with Crippen molar-refractivity contribution in [1.29, 1.82) is 0 Å². The van der Waals surface area contributed by atoms with Crippen molar-refractivity contribution in [1.82, 2.24) is 15.5 Å². The quantitative estimate of drug-likeness (QED) is 0.608. The Balaban J connectivity index is 1.80. The largest absolute Gasteiger partial charge is 0.335 e. The van der Waals surface area contributed by atoms with Crippen LogP contribution in [0.25, 0.3) is 0 Å². The Morgan fingerprint density at radius 3 is 2.92 bits per heavy atom. The first kappa shape index (κ1) is 8.81. The van der Waals surface area contributed by atoms with Gasteiger partial charge in [0.25, 0.3) is 0 Å². The van der Waals surface area contributed by atoms with E-state index >= 15 is 0 Å². The van der Waals surface area contributed by atoms with E-state index in [0.717, 1.165) is 32.5 Å². The van der Waals surface area contributed by atoms with Gasteiger partial charge in [0.05, 0.1) is 0 Å². The standard InChI is InChI=1S/C9H17N3O/c1-7-6-12(5-4-10-7)9(13)11-8-2-3-8/h7-8,10H,2-6H2,1H3,(H,11,13). The number of nitrogens with zero attached hydrogens (tertiary/aromatic N) is 1. The van der Waals surface area contributed by atoms with Crippen LogP contribution in [0.5, 0.6) is 0 Å². The highest BCUT2D eigenvalue weighted by atomic mass is 16.2. The molecule has 1 heterocycles. The lowest BCUT2D eigenvalue weighted by atomic mass is 10.2. The maximum absolute atomic E-state index is 11.6. The molecule has 1 aliphatic carbocycles. The highest BCUT2D eigenvalue weighted by molar-refractivity contribution is 5.75. The van der Waals surface area contributed by atoms with Crippen molar-refractivity contribution in [3.05, 3.63) is 0 Å². The van der Waals surface area contributed by atoms with Crippen molar-refractivity contribution in [2.24, 2.45) is 0 Å². The van der Waals surface area contributed by atoms with Gasteiger partial charge >= 0.3 is 6.03 Å². The lowest BCUT2D eigenvalue weighted by Crippen LogP contribution is -2.54. The number of urea groups is 1. The van der Waals surface area contributed by atoms with Gasteiger partial charge in [0.2, 0.25) is 0 Å². The van der Waals surface area contributed by atoms with Gasteiger partial charge in [-0.2, -0.15) is 0 Å². The predicted octanol–water partition coefficient (Wildman–Crippen LogP) is 0.152. The van der Waals surface area contributed by atoms with Crippen LogP contribution in [-0.4, -0.2) is 42.6 Å². The first-order valence-corrected chi connectivity index (χ1v) is 5.04. The molecule has 0 aromatic rings. The van der Waals surface area contributed by atoms with Crippen molar-refractivity contribution >= 4 is 6.03 Å². The molecule has 0 bridgehead atoms. The molecule has 2 amide bonds. The molecule has 4 heteroatoms. The second kappa shape index (κ2) is 3.54. The summed E-state index contributed by atoms with van der Waals surface area (Å²) in [5.74, 6) is 0. The summed E-state index contributed by atoms with van der Waals surface area (Å²) in [5, 5.41) is 6.32. The number of carbonyl (C=O) groups is 1. The number of amides is 2. The van der Waals surface area contributed by atoms with Crippen LogP contribution in [0.3, 0.4) is 0 Å². The summed E-state index contributed by atoms with van der Waals surface area (Å²) in [6, 6.07) is 1.02. The smallest absolute Gasteiger partial charge is 0.317 e. The fourth-order valence-electron chi connectivity index (χ4n) is 1.61. The second-order valence-electron chi connectivity index (χ2n) is 4.02. The number of piperazine rings is 1. The molecule has 13 heavy (non-hydrogen) atoms.